The van der Waals surface area contributed by atoms with E-state index in [0.717, 1.165) is 12.0 Å². The summed E-state index contributed by atoms with van der Waals surface area (Å²) in [6.07, 6.45) is 15.8. The van der Waals surface area contributed by atoms with Crippen molar-refractivity contribution in [1.82, 2.24) is 4.90 Å². The standard InChI is InChI=1S/C17H29N/c1-4-7-14-8-5-9-15(12-14)16-10-6-11-17(13-16)18(2)3/h8,12,16-17H,4-7,9-11,13H2,1-3H3. The molecule has 1 fully saturated rings. The van der Waals surface area contributed by atoms with E-state index in [1.807, 2.05) is 0 Å². The molecular weight excluding hydrogens is 218 g/mol. The Morgan fingerprint density at radius 1 is 1.28 bits per heavy atom. The Labute approximate surface area is 113 Å². The minimum atomic E-state index is 0.810. The van der Waals surface area contributed by atoms with Gasteiger partial charge in [0.25, 0.3) is 0 Å². The monoisotopic (exact) mass is 247 g/mol. The largest absolute Gasteiger partial charge is 0.306 e. The van der Waals surface area contributed by atoms with Crippen molar-refractivity contribution in [3.05, 3.63) is 23.3 Å². The van der Waals surface area contributed by atoms with Gasteiger partial charge in [-0.2, -0.15) is 0 Å². The first-order valence-corrected chi connectivity index (χ1v) is 7.76. The number of hydrogen-bond donors (Lipinski definition) is 0. The van der Waals surface area contributed by atoms with Gasteiger partial charge in [-0.05, 0) is 58.5 Å². The molecule has 2 aliphatic rings. The highest BCUT2D eigenvalue weighted by Gasteiger charge is 2.26. The third-order valence-electron chi connectivity index (χ3n) is 4.65. The fourth-order valence-electron chi connectivity index (χ4n) is 3.55. The third kappa shape index (κ3) is 3.47. The number of hydrogen-bond acceptors (Lipinski definition) is 1. The van der Waals surface area contributed by atoms with Gasteiger partial charge in [0.05, 0.1) is 0 Å². The smallest absolute Gasteiger partial charge is 0.00948 e. The van der Waals surface area contributed by atoms with E-state index in [1.54, 1.807) is 11.1 Å². The summed E-state index contributed by atoms with van der Waals surface area (Å²) in [7, 11) is 4.48. The van der Waals surface area contributed by atoms with Crippen LogP contribution in [-0.2, 0) is 0 Å². The molecule has 2 rings (SSSR count). The molecule has 0 bridgehead atoms. The first kappa shape index (κ1) is 13.9. The highest BCUT2D eigenvalue weighted by Crippen LogP contribution is 2.36. The number of allylic oxidation sites excluding steroid dienone is 4. The van der Waals surface area contributed by atoms with Gasteiger partial charge in [0.2, 0.25) is 0 Å². The van der Waals surface area contributed by atoms with Gasteiger partial charge in [0, 0.05) is 6.04 Å². The van der Waals surface area contributed by atoms with E-state index < -0.39 is 0 Å². The van der Waals surface area contributed by atoms with Crippen LogP contribution < -0.4 is 0 Å². The normalized spacial score (nSPS) is 29.1. The van der Waals surface area contributed by atoms with Crippen molar-refractivity contribution in [2.75, 3.05) is 14.1 Å². The Bertz CT molecular complexity index is 325. The van der Waals surface area contributed by atoms with Gasteiger partial charge in [0.15, 0.2) is 0 Å². The molecule has 0 aromatic heterocycles. The second-order valence-corrected chi connectivity index (χ2v) is 6.27. The quantitative estimate of drug-likeness (QED) is 0.704. The summed E-state index contributed by atoms with van der Waals surface area (Å²) in [6.45, 7) is 2.28. The SMILES string of the molecule is CCCC1=CCCC(C2CCCC(N(C)C)C2)=C1. The number of rotatable bonds is 4. The summed E-state index contributed by atoms with van der Waals surface area (Å²) in [5, 5.41) is 0. The van der Waals surface area contributed by atoms with Crippen LogP contribution in [0.2, 0.25) is 0 Å². The summed E-state index contributed by atoms with van der Waals surface area (Å²) in [4.78, 5) is 2.43. The average molecular weight is 247 g/mol. The van der Waals surface area contributed by atoms with E-state index in [1.165, 1.54) is 51.4 Å². The van der Waals surface area contributed by atoms with Crippen molar-refractivity contribution < 1.29 is 0 Å². The highest BCUT2D eigenvalue weighted by atomic mass is 15.1. The molecule has 2 unspecified atom stereocenters. The Balaban J connectivity index is 2.00. The van der Waals surface area contributed by atoms with Crippen molar-refractivity contribution in [2.45, 2.75) is 64.3 Å². The molecule has 0 radical (unpaired) electrons. The molecule has 0 aromatic carbocycles. The van der Waals surface area contributed by atoms with Crippen LogP contribution in [0.1, 0.15) is 58.3 Å². The first-order valence-electron chi connectivity index (χ1n) is 7.76. The van der Waals surface area contributed by atoms with Crippen LogP contribution in [0, 0.1) is 5.92 Å². The summed E-state index contributed by atoms with van der Waals surface area (Å²) >= 11 is 0. The van der Waals surface area contributed by atoms with E-state index in [4.69, 9.17) is 0 Å². The molecule has 0 heterocycles. The molecular formula is C17H29N. The first-order chi connectivity index (χ1) is 8.70. The van der Waals surface area contributed by atoms with E-state index in [0.29, 0.717) is 0 Å². The minimum Gasteiger partial charge on any atom is -0.306 e. The molecule has 1 nitrogen and oxygen atoms in total. The summed E-state index contributed by atoms with van der Waals surface area (Å²) in [5.41, 5.74) is 3.36. The molecule has 18 heavy (non-hydrogen) atoms. The minimum absolute atomic E-state index is 0.810. The predicted molar refractivity (Wildman–Crippen MR) is 79.7 cm³/mol. The summed E-state index contributed by atoms with van der Waals surface area (Å²) < 4.78 is 0. The molecule has 2 atom stereocenters. The van der Waals surface area contributed by atoms with E-state index in [2.05, 4.69) is 38.1 Å². The second kappa shape index (κ2) is 6.56. The van der Waals surface area contributed by atoms with Crippen molar-refractivity contribution in [3.8, 4) is 0 Å². The van der Waals surface area contributed by atoms with Crippen LogP contribution in [0.25, 0.3) is 0 Å². The lowest BCUT2D eigenvalue weighted by atomic mass is 9.77. The molecule has 0 aliphatic heterocycles. The van der Waals surface area contributed by atoms with Gasteiger partial charge in [0.1, 0.15) is 0 Å². The van der Waals surface area contributed by atoms with E-state index in [-0.39, 0.29) is 0 Å². The van der Waals surface area contributed by atoms with Gasteiger partial charge in [-0.15, -0.1) is 0 Å². The maximum absolute atomic E-state index is 2.54. The zero-order chi connectivity index (χ0) is 13.0. The van der Waals surface area contributed by atoms with Gasteiger partial charge in [-0.1, -0.05) is 43.1 Å². The van der Waals surface area contributed by atoms with Crippen molar-refractivity contribution >= 4 is 0 Å². The molecule has 0 saturated heterocycles. The maximum atomic E-state index is 2.54. The fourth-order valence-corrected chi connectivity index (χ4v) is 3.55. The lowest BCUT2D eigenvalue weighted by Gasteiger charge is -2.35. The Morgan fingerprint density at radius 3 is 2.83 bits per heavy atom. The van der Waals surface area contributed by atoms with Gasteiger partial charge < -0.3 is 4.90 Å². The Kier molecular flexibility index (Phi) is 5.05. The Hall–Kier alpha value is -0.560. The van der Waals surface area contributed by atoms with Crippen LogP contribution in [0.5, 0.6) is 0 Å². The van der Waals surface area contributed by atoms with Gasteiger partial charge >= 0.3 is 0 Å². The summed E-state index contributed by atoms with van der Waals surface area (Å²) in [6, 6.07) is 0.810. The maximum Gasteiger partial charge on any atom is 0.00948 e. The lowest BCUT2D eigenvalue weighted by molar-refractivity contribution is 0.198. The predicted octanol–water partition coefficient (Wildman–Crippen LogP) is 4.55. The molecule has 0 N–H and O–H groups in total. The molecule has 2 aliphatic carbocycles. The van der Waals surface area contributed by atoms with E-state index >= 15 is 0 Å². The molecule has 1 saturated carbocycles. The summed E-state index contributed by atoms with van der Waals surface area (Å²) in [5.74, 6) is 0.867. The molecule has 1 heteroatoms. The highest BCUT2D eigenvalue weighted by molar-refractivity contribution is 5.29. The van der Waals surface area contributed by atoms with Crippen LogP contribution in [0.15, 0.2) is 23.3 Å². The molecule has 0 amide bonds. The molecule has 0 aromatic rings. The fraction of sp³-hybridized carbons (Fsp3) is 0.765. The van der Waals surface area contributed by atoms with Crippen LogP contribution >= 0.6 is 0 Å². The third-order valence-corrected chi connectivity index (χ3v) is 4.65. The van der Waals surface area contributed by atoms with Crippen molar-refractivity contribution in [3.63, 3.8) is 0 Å². The zero-order valence-corrected chi connectivity index (χ0v) is 12.4. The van der Waals surface area contributed by atoms with Gasteiger partial charge in [-0.3, -0.25) is 0 Å². The van der Waals surface area contributed by atoms with Crippen molar-refractivity contribution in [1.29, 1.82) is 0 Å². The van der Waals surface area contributed by atoms with Crippen LogP contribution in [0.3, 0.4) is 0 Å². The van der Waals surface area contributed by atoms with Gasteiger partial charge in [-0.25, -0.2) is 0 Å². The Morgan fingerprint density at radius 2 is 2.11 bits per heavy atom. The van der Waals surface area contributed by atoms with Crippen LogP contribution in [0.4, 0.5) is 0 Å². The number of nitrogens with zero attached hydrogens (tertiary/aromatic N) is 1. The lowest BCUT2D eigenvalue weighted by Crippen LogP contribution is -2.33. The second-order valence-electron chi connectivity index (χ2n) is 6.27. The molecule has 102 valence electrons. The van der Waals surface area contributed by atoms with Crippen LogP contribution in [-0.4, -0.2) is 25.0 Å². The van der Waals surface area contributed by atoms with E-state index in [9.17, 15) is 0 Å². The topological polar surface area (TPSA) is 3.24 Å². The average Bonchev–Trinajstić information content (AvgIpc) is 2.39. The zero-order valence-electron chi connectivity index (χ0n) is 12.4. The van der Waals surface area contributed by atoms with Crippen molar-refractivity contribution in [2.24, 2.45) is 5.92 Å². The molecule has 0 spiro atoms.